The molecule has 0 atom stereocenters. The Morgan fingerprint density at radius 2 is 1.61 bits per heavy atom. The maximum absolute atomic E-state index is 6.03. The zero-order valence-corrected chi connectivity index (χ0v) is 19.1. The number of allylic oxidation sites excluding steroid dienone is 1. The van der Waals surface area contributed by atoms with Gasteiger partial charge in [-0.25, -0.2) is 0 Å². The van der Waals surface area contributed by atoms with Gasteiger partial charge in [-0.2, -0.15) is 0 Å². The van der Waals surface area contributed by atoms with E-state index < -0.39 is 0 Å². The van der Waals surface area contributed by atoms with Crippen molar-refractivity contribution >= 4 is 6.21 Å². The Hall–Kier alpha value is -2.96. The van der Waals surface area contributed by atoms with Crippen molar-refractivity contribution in [3.63, 3.8) is 0 Å². The minimum absolute atomic E-state index is 0.468. The number of aryl methyl sites for hydroxylation is 2. The van der Waals surface area contributed by atoms with Crippen molar-refractivity contribution in [2.45, 2.75) is 52.9 Å². The molecule has 0 radical (unpaired) electrons. The third-order valence-electron chi connectivity index (χ3n) is 4.59. The van der Waals surface area contributed by atoms with Crippen LogP contribution >= 0.6 is 0 Å². The number of rotatable bonds is 15. The third kappa shape index (κ3) is 9.15. The molecule has 7 heteroatoms. The zero-order chi connectivity index (χ0) is 22.3. The maximum Gasteiger partial charge on any atom is 0.254 e. The largest absolute Gasteiger partial charge is 0.493 e. The van der Waals surface area contributed by atoms with E-state index in [1.807, 2.05) is 31.2 Å². The number of unbranched alkanes of at least 4 members (excludes halogenated alkanes) is 4. The molecule has 0 saturated heterocycles. The molecule has 1 aromatic carbocycles. The number of ether oxygens (including phenoxy) is 3. The van der Waals surface area contributed by atoms with Gasteiger partial charge < -0.3 is 23.6 Å². The summed E-state index contributed by atoms with van der Waals surface area (Å²) >= 11 is 0. The molecular formula is C24H34N2O5. The van der Waals surface area contributed by atoms with Gasteiger partial charge in [0.25, 0.3) is 5.88 Å². The quantitative estimate of drug-likeness (QED) is 0.158. The van der Waals surface area contributed by atoms with Gasteiger partial charge in [0.2, 0.25) is 0 Å². The van der Waals surface area contributed by atoms with E-state index in [1.54, 1.807) is 6.07 Å². The molecule has 0 aliphatic rings. The fourth-order valence-electron chi connectivity index (χ4n) is 3.05. The Morgan fingerprint density at radius 1 is 0.935 bits per heavy atom. The molecule has 0 N–H and O–H groups in total. The highest BCUT2D eigenvalue weighted by molar-refractivity contribution is 5.75. The van der Waals surface area contributed by atoms with E-state index in [-0.39, 0.29) is 0 Å². The monoisotopic (exact) mass is 430 g/mol. The Labute approximate surface area is 185 Å². The molecule has 2 aromatic rings. The Morgan fingerprint density at radius 3 is 2.29 bits per heavy atom. The third-order valence-corrected chi connectivity index (χ3v) is 4.59. The lowest BCUT2D eigenvalue weighted by Crippen LogP contribution is -2.02. The molecule has 0 spiro atoms. The first-order valence-electron chi connectivity index (χ1n) is 10.8. The fourth-order valence-corrected chi connectivity index (χ4v) is 3.05. The van der Waals surface area contributed by atoms with Crippen molar-refractivity contribution in [2.75, 3.05) is 26.9 Å². The first kappa shape index (κ1) is 24.3. The molecule has 0 amide bonds. The molecule has 0 aliphatic heterocycles. The van der Waals surface area contributed by atoms with E-state index in [4.69, 9.17) is 18.7 Å². The highest BCUT2D eigenvalue weighted by atomic mass is 16.6. The summed E-state index contributed by atoms with van der Waals surface area (Å²) in [7, 11) is 1.47. The minimum atomic E-state index is 0.468. The highest BCUT2D eigenvalue weighted by Gasteiger charge is 2.07. The van der Waals surface area contributed by atoms with Crippen LogP contribution in [0.5, 0.6) is 17.4 Å². The standard InChI is InChI=1S/C24H34N2O5/c1-5-6-12-28-21-15-19(2)24(20(3)16-21)30-14-11-9-7-8-10-13-29-23-17-22(31-26-23)18-25-27-4/h5-6,15-18H,7-14H2,1-4H3/b6-5+,25-18?. The Kier molecular flexibility index (Phi) is 11.1. The summed E-state index contributed by atoms with van der Waals surface area (Å²) in [5, 5.41) is 7.44. The van der Waals surface area contributed by atoms with Gasteiger partial charge in [0.1, 0.15) is 31.4 Å². The summed E-state index contributed by atoms with van der Waals surface area (Å²) in [5.74, 6) is 2.81. The SMILES string of the molecule is C/C=C/COc1cc(C)c(OCCCCCCCOc2cc(C=NOC)on2)c(C)c1. The van der Waals surface area contributed by atoms with Crippen LogP contribution < -0.4 is 14.2 Å². The van der Waals surface area contributed by atoms with Gasteiger partial charge >= 0.3 is 0 Å². The summed E-state index contributed by atoms with van der Waals surface area (Å²) < 4.78 is 22.4. The maximum atomic E-state index is 6.03. The number of nitrogens with zero attached hydrogens (tertiary/aromatic N) is 2. The van der Waals surface area contributed by atoms with Gasteiger partial charge in [0, 0.05) is 0 Å². The summed E-state index contributed by atoms with van der Waals surface area (Å²) in [6, 6.07) is 5.76. The summed E-state index contributed by atoms with van der Waals surface area (Å²) in [6.45, 7) is 8.04. The Balaban J connectivity index is 1.56. The van der Waals surface area contributed by atoms with Gasteiger partial charge in [0.15, 0.2) is 5.76 Å². The molecule has 170 valence electrons. The van der Waals surface area contributed by atoms with Crippen LogP contribution in [0.15, 0.2) is 40.0 Å². The van der Waals surface area contributed by atoms with Gasteiger partial charge in [-0.3, -0.25) is 0 Å². The van der Waals surface area contributed by atoms with Gasteiger partial charge in [0.05, 0.1) is 19.3 Å². The van der Waals surface area contributed by atoms with Crippen molar-refractivity contribution in [1.82, 2.24) is 5.16 Å². The van der Waals surface area contributed by atoms with Crippen molar-refractivity contribution < 1.29 is 23.6 Å². The van der Waals surface area contributed by atoms with Crippen LogP contribution in [-0.2, 0) is 4.84 Å². The lowest BCUT2D eigenvalue weighted by atomic mass is 10.1. The lowest BCUT2D eigenvalue weighted by Gasteiger charge is -2.14. The second-order valence-electron chi connectivity index (χ2n) is 7.22. The molecule has 7 nitrogen and oxygen atoms in total. The van der Waals surface area contributed by atoms with Gasteiger partial charge in [-0.05, 0) is 62.0 Å². The Bertz CT molecular complexity index is 806. The van der Waals surface area contributed by atoms with Crippen LogP contribution in [0, 0.1) is 13.8 Å². The van der Waals surface area contributed by atoms with Crippen molar-refractivity contribution in [2.24, 2.45) is 5.16 Å². The minimum Gasteiger partial charge on any atom is -0.493 e. The van der Waals surface area contributed by atoms with E-state index in [0.29, 0.717) is 24.9 Å². The van der Waals surface area contributed by atoms with Crippen LogP contribution in [0.25, 0.3) is 0 Å². The van der Waals surface area contributed by atoms with Crippen molar-refractivity contribution in [3.8, 4) is 17.4 Å². The first-order valence-corrected chi connectivity index (χ1v) is 10.8. The number of hydrogen-bond donors (Lipinski definition) is 0. The normalized spacial score (nSPS) is 11.4. The molecule has 0 unspecified atom stereocenters. The average molecular weight is 431 g/mol. The van der Waals surface area contributed by atoms with Crippen LogP contribution in [0.1, 0.15) is 55.9 Å². The van der Waals surface area contributed by atoms with Gasteiger partial charge in [-0.1, -0.05) is 36.6 Å². The second kappa shape index (κ2) is 14.1. The first-order chi connectivity index (χ1) is 15.1. The molecule has 0 saturated carbocycles. The predicted octanol–water partition coefficient (Wildman–Crippen LogP) is 5.63. The van der Waals surface area contributed by atoms with E-state index in [1.165, 1.54) is 13.3 Å². The number of benzene rings is 1. The highest BCUT2D eigenvalue weighted by Crippen LogP contribution is 2.28. The molecular weight excluding hydrogens is 396 g/mol. The summed E-state index contributed by atoms with van der Waals surface area (Å²) in [6.07, 6.45) is 10.8. The molecule has 1 heterocycles. The van der Waals surface area contributed by atoms with Crippen molar-refractivity contribution in [1.29, 1.82) is 0 Å². The predicted molar refractivity (Wildman–Crippen MR) is 121 cm³/mol. The topological polar surface area (TPSA) is 75.3 Å². The second-order valence-corrected chi connectivity index (χ2v) is 7.22. The number of oxime groups is 1. The smallest absolute Gasteiger partial charge is 0.254 e. The molecule has 31 heavy (non-hydrogen) atoms. The van der Waals surface area contributed by atoms with Crippen LogP contribution in [-0.4, -0.2) is 38.3 Å². The zero-order valence-electron chi connectivity index (χ0n) is 19.1. The average Bonchev–Trinajstić information content (AvgIpc) is 3.20. The van der Waals surface area contributed by atoms with E-state index in [0.717, 1.165) is 61.3 Å². The molecule has 0 fully saturated rings. The molecule has 2 rings (SSSR count). The van der Waals surface area contributed by atoms with Crippen LogP contribution in [0.2, 0.25) is 0 Å². The van der Waals surface area contributed by atoms with Gasteiger partial charge in [-0.15, -0.1) is 0 Å². The number of hydrogen-bond acceptors (Lipinski definition) is 7. The van der Waals surface area contributed by atoms with E-state index in [2.05, 4.69) is 29.0 Å². The number of aromatic nitrogens is 1. The lowest BCUT2D eigenvalue weighted by molar-refractivity contribution is 0.214. The molecule has 1 aromatic heterocycles. The van der Waals surface area contributed by atoms with E-state index >= 15 is 0 Å². The van der Waals surface area contributed by atoms with Crippen LogP contribution in [0.4, 0.5) is 0 Å². The van der Waals surface area contributed by atoms with Crippen molar-refractivity contribution in [3.05, 3.63) is 47.2 Å². The fraction of sp³-hybridized carbons (Fsp3) is 0.500. The van der Waals surface area contributed by atoms with Crippen LogP contribution in [0.3, 0.4) is 0 Å². The summed E-state index contributed by atoms with van der Waals surface area (Å²) in [5.41, 5.74) is 2.22. The summed E-state index contributed by atoms with van der Waals surface area (Å²) in [4.78, 5) is 4.59. The molecule has 0 bridgehead atoms. The molecule has 0 aliphatic carbocycles. The van der Waals surface area contributed by atoms with E-state index in [9.17, 15) is 0 Å².